The third-order valence-corrected chi connectivity index (χ3v) is 2.89. The molecule has 2 amide bonds. The lowest BCUT2D eigenvalue weighted by Gasteiger charge is -2.06. The molecule has 0 aliphatic carbocycles. The van der Waals surface area contributed by atoms with Gasteiger partial charge in [-0.1, -0.05) is 0 Å². The molecule has 100 valence electrons. The number of aliphatic carboxylic acids is 1. The molecule has 0 aliphatic heterocycles. The molecule has 1 aromatic heterocycles. The molecule has 7 heteroatoms. The number of nitrogens with zero attached hydrogens (tertiary/aromatic N) is 1. The molecule has 0 unspecified atom stereocenters. The van der Waals surface area contributed by atoms with E-state index in [-0.39, 0.29) is 12.5 Å². The molecule has 1 heterocycles. The minimum atomic E-state index is -0.803. The van der Waals surface area contributed by atoms with Crippen LogP contribution in [0.25, 0.3) is 0 Å². The van der Waals surface area contributed by atoms with Gasteiger partial charge < -0.3 is 15.7 Å². The molecule has 0 aliphatic rings. The van der Waals surface area contributed by atoms with Gasteiger partial charge >= 0.3 is 12.0 Å². The van der Waals surface area contributed by atoms with Crippen LogP contribution in [-0.4, -0.2) is 35.2 Å². The van der Waals surface area contributed by atoms with Gasteiger partial charge in [-0.15, -0.1) is 11.3 Å². The number of amides is 2. The smallest absolute Gasteiger partial charge is 0.314 e. The van der Waals surface area contributed by atoms with E-state index >= 15 is 0 Å². The first-order chi connectivity index (χ1) is 8.68. The van der Waals surface area contributed by atoms with Gasteiger partial charge in [0.05, 0.1) is 11.2 Å². The molecule has 0 spiro atoms. The van der Waals surface area contributed by atoms with Gasteiger partial charge in [-0.25, -0.2) is 9.78 Å². The van der Waals surface area contributed by atoms with E-state index in [4.69, 9.17) is 5.11 Å². The minimum Gasteiger partial charge on any atom is -0.481 e. The molecule has 1 rings (SSSR count). The number of urea groups is 1. The Morgan fingerprint density at radius 3 is 2.72 bits per heavy atom. The van der Waals surface area contributed by atoms with Crippen LogP contribution in [0.1, 0.15) is 25.0 Å². The number of carboxylic acids is 1. The number of unbranched alkanes of at least 4 members (excludes halogenated alkanes) is 1. The zero-order valence-electron chi connectivity index (χ0n) is 10.0. The fraction of sp³-hybridized carbons (Fsp3) is 0.545. The maximum atomic E-state index is 11.3. The first-order valence-corrected chi connectivity index (χ1v) is 6.73. The average Bonchev–Trinajstić information content (AvgIpc) is 2.81. The first kappa shape index (κ1) is 14.4. The molecule has 0 saturated heterocycles. The average molecular weight is 271 g/mol. The van der Waals surface area contributed by atoms with Gasteiger partial charge in [0.15, 0.2) is 0 Å². The summed E-state index contributed by atoms with van der Waals surface area (Å²) in [6.07, 6.45) is 2.11. The predicted molar refractivity (Wildman–Crippen MR) is 68.7 cm³/mol. The largest absolute Gasteiger partial charge is 0.481 e. The van der Waals surface area contributed by atoms with E-state index < -0.39 is 5.97 Å². The summed E-state index contributed by atoms with van der Waals surface area (Å²) < 4.78 is 0. The summed E-state index contributed by atoms with van der Waals surface area (Å²) in [4.78, 5) is 25.7. The van der Waals surface area contributed by atoms with Crippen LogP contribution in [0, 0.1) is 0 Å². The van der Waals surface area contributed by atoms with Gasteiger partial charge in [0.2, 0.25) is 0 Å². The van der Waals surface area contributed by atoms with E-state index in [0.717, 1.165) is 12.1 Å². The van der Waals surface area contributed by atoms with Crippen LogP contribution in [0.5, 0.6) is 0 Å². The summed E-state index contributed by atoms with van der Waals surface area (Å²) in [7, 11) is 0. The summed E-state index contributed by atoms with van der Waals surface area (Å²) in [5, 5.41) is 15.8. The van der Waals surface area contributed by atoms with Gasteiger partial charge in [0.25, 0.3) is 0 Å². The summed E-state index contributed by atoms with van der Waals surface area (Å²) in [5.74, 6) is -0.803. The van der Waals surface area contributed by atoms with Crippen molar-refractivity contribution in [1.82, 2.24) is 15.6 Å². The monoisotopic (exact) mass is 271 g/mol. The number of carbonyl (C=O) groups is 2. The molecule has 0 saturated carbocycles. The van der Waals surface area contributed by atoms with E-state index in [2.05, 4.69) is 15.6 Å². The zero-order valence-corrected chi connectivity index (χ0v) is 10.8. The second-order valence-corrected chi connectivity index (χ2v) is 4.48. The Balaban J connectivity index is 1.95. The molecule has 0 atom stereocenters. The minimum absolute atomic E-state index is 0.146. The van der Waals surface area contributed by atoms with Crippen molar-refractivity contribution in [3.05, 3.63) is 16.6 Å². The second kappa shape index (κ2) is 8.46. The Morgan fingerprint density at radius 1 is 1.28 bits per heavy atom. The number of rotatable bonds is 8. The quantitative estimate of drug-likeness (QED) is 0.620. The number of carboxylic acid groups (broad SMARTS) is 1. The fourth-order valence-electron chi connectivity index (χ4n) is 1.33. The number of carbonyl (C=O) groups excluding carboxylic acids is 1. The molecule has 0 aromatic carbocycles. The second-order valence-electron chi connectivity index (χ2n) is 3.76. The van der Waals surface area contributed by atoms with Crippen molar-refractivity contribution in [3.8, 4) is 0 Å². The molecule has 0 radical (unpaired) electrons. The van der Waals surface area contributed by atoms with E-state index in [1.165, 1.54) is 11.3 Å². The highest BCUT2D eigenvalue weighted by Gasteiger charge is 2.01. The Hall–Kier alpha value is -1.63. The Bertz CT molecular complexity index is 368. The Labute approximate surface area is 109 Å². The number of aromatic nitrogens is 1. The topological polar surface area (TPSA) is 91.3 Å². The third-order valence-electron chi connectivity index (χ3n) is 2.25. The third kappa shape index (κ3) is 6.85. The van der Waals surface area contributed by atoms with Crippen molar-refractivity contribution in [2.75, 3.05) is 13.1 Å². The van der Waals surface area contributed by atoms with Crippen LogP contribution >= 0.6 is 11.3 Å². The van der Waals surface area contributed by atoms with Gasteiger partial charge in [-0.3, -0.25) is 4.79 Å². The zero-order chi connectivity index (χ0) is 13.2. The number of nitrogens with one attached hydrogen (secondary N) is 2. The molecule has 1 aromatic rings. The van der Waals surface area contributed by atoms with Crippen molar-refractivity contribution in [2.24, 2.45) is 0 Å². The lowest BCUT2D eigenvalue weighted by Crippen LogP contribution is -2.37. The van der Waals surface area contributed by atoms with Gasteiger partial charge in [-0.05, 0) is 12.8 Å². The summed E-state index contributed by atoms with van der Waals surface area (Å²) in [6, 6.07) is -0.222. The normalized spacial score (nSPS) is 10.0. The van der Waals surface area contributed by atoms with E-state index in [1.54, 1.807) is 5.51 Å². The molecular formula is C11H17N3O3S. The molecule has 0 fully saturated rings. The Kier molecular flexibility index (Phi) is 6.78. The maximum absolute atomic E-state index is 11.3. The molecule has 6 nitrogen and oxygen atoms in total. The van der Waals surface area contributed by atoms with Crippen LogP contribution in [0.2, 0.25) is 0 Å². The van der Waals surface area contributed by atoms with E-state index in [0.29, 0.717) is 25.9 Å². The molecule has 3 N–H and O–H groups in total. The van der Waals surface area contributed by atoms with Crippen LogP contribution < -0.4 is 10.6 Å². The van der Waals surface area contributed by atoms with Crippen LogP contribution in [-0.2, 0) is 11.2 Å². The highest BCUT2D eigenvalue weighted by molar-refractivity contribution is 7.07. The van der Waals surface area contributed by atoms with Crippen molar-refractivity contribution < 1.29 is 14.7 Å². The predicted octanol–water partition coefficient (Wildman–Crippen LogP) is 1.24. The summed E-state index contributed by atoms with van der Waals surface area (Å²) >= 11 is 1.53. The van der Waals surface area contributed by atoms with Gasteiger partial charge in [-0.2, -0.15) is 0 Å². The number of hydrogen-bond donors (Lipinski definition) is 3. The van der Waals surface area contributed by atoms with Crippen molar-refractivity contribution in [2.45, 2.75) is 25.7 Å². The van der Waals surface area contributed by atoms with Crippen molar-refractivity contribution >= 4 is 23.3 Å². The van der Waals surface area contributed by atoms with E-state index in [1.807, 2.05) is 5.38 Å². The highest BCUT2D eigenvalue weighted by Crippen LogP contribution is 2.00. The summed E-state index contributed by atoms with van der Waals surface area (Å²) in [5.41, 5.74) is 2.74. The molecule has 0 bridgehead atoms. The number of thiazole rings is 1. The summed E-state index contributed by atoms with van der Waals surface area (Å²) in [6.45, 7) is 1.04. The van der Waals surface area contributed by atoms with Crippen LogP contribution in [0.4, 0.5) is 4.79 Å². The maximum Gasteiger partial charge on any atom is 0.314 e. The first-order valence-electron chi connectivity index (χ1n) is 5.79. The fourth-order valence-corrected chi connectivity index (χ4v) is 1.92. The Morgan fingerprint density at radius 2 is 2.06 bits per heavy atom. The molecule has 18 heavy (non-hydrogen) atoms. The number of hydrogen-bond acceptors (Lipinski definition) is 4. The molecular weight excluding hydrogens is 254 g/mol. The highest BCUT2D eigenvalue weighted by atomic mass is 32.1. The van der Waals surface area contributed by atoms with Crippen molar-refractivity contribution in [3.63, 3.8) is 0 Å². The van der Waals surface area contributed by atoms with Gasteiger partial charge in [0.1, 0.15) is 0 Å². The lowest BCUT2D eigenvalue weighted by atomic mass is 10.2. The van der Waals surface area contributed by atoms with Crippen LogP contribution in [0.15, 0.2) is 10.9 Å². The van der Waals surface area contributed by atoms with Crippen LogP contribution in [0.3, 0.4) is 0 Å². The lowest BCUT2D eigenvalue weighted by molar-refractivity contribution is -0.137. The SMILES string of the molecule is O=C(O)CCCCNC(=O)NCCc1cscn1. The van der Waals surface area contributed by atoms with Crippen molar-refractivity contribution in [1.29, 1.82) is 0 Å². The van der Waals surface area contributed by atoms with Gasteiger partial charge in [0, 0.05) is 31.3 Å². The standard InChI is InChI=1S/C11H17N3O3S/c15-10(16)3-1-2-5-12-11(17)13-6-4-9-7-18-8-14-9/h7-8H,1-6H2,(H,15,16)(H2,12,13,17). The van der Waals surface area contributed by atoms with E-state index in [9.17, 15) is 9.59 Å².